The van der Waals surface area contributed by atoms with Gasteiger partial charge in [0.05, 0.1) is 21.9 Å². The number of nitrogens with zero attached hydrogens (tertiary/aromatic N) is 1. The summed E-state index contributed by atoms with van der Waals surface area (Å²) < 4.78 is 13.2. The third-order valence-electron chi connectivity index (χ3n) is 10.9. The molecule has 0 radical (unpaired) electrons. The van der Waals surface area contributed by atoms with Gasteiger partial charge in [-0.15, -0.1) is 0 Å². The second-order valence-corrected chi connectivity index (χ2v) is 13.6. The fourth-order valence-electron chi connectivity index (χ4n) is 8.83. The van der Waals surface area contributed by atoms with Crippen LogP contribution >= 0.6 is 0 Å². The highest BCUT2D eigenvalue weighted by Gasteiger charge is 2.46. The standard InChI is InChI=1S/C49H31NO2/c1-4-15-32(16-5-1)49(33-17-6-2-7-18-33)40-23-12-10-21-36(40)37-28-27-35(31-41(37)49)50(34-19-8-3-9-20-34)42-24-14-26-44-46(42)47-45(51-44)30-29-39-38-22-11-13-25-43(38)52-48(39)47/h1-31H. The molecule has 3 nitrogen and oxygen atoms in total. The Morgan fingerprint density at radius 1 is 0.385 bits per heavy atom. The second-order valence-electron chi connectivity index (χ2n) is 13.6. The number of para-hydroxylation sites is 2. The average molecular weight is 666 g/mol. The SMILES string of the molecule is c1ccc(N(c2ccc3c(c2)C(c2ccccc2)(c2ccccc2)c2ccccc2-3)c2cccc3oc4ccc5c6ccccc6oc5c4c23)cc1. The van der Waals surface area contributed by atoms with Gasteiger partial charge in [0.25, 0.3) is 0 Å². The van der Waals surface area contributed by atoms with Gasteiger partial charge in [-0.2, -0.15) is 0 Å². The van der Waals surface area contributed by atoms with Crippen molar-refractivity contribution in [1.82, 2.24) is 0 Å². The summed E-state index contributed by atoms with van der Waals surface area (Å²) in [6.07, 6.45) is 0. The molecule has 0 atom stereocenters. The zero-order valence-electron chi connectivity index (χ0n) is 28.2. The maximum atomic E-state index is 6.62. The quantitative estimate of drug-likeness (QED) is 0.183. The summed E-state index contributed by atoms with van der Waals surface area (Å²) in [4.78, 5) is 2.38. The van der Waals surface area contributed by atoms with Crippen LogP contribution in [0.15, 0.2) is 197 Å². The lowest BCUT2D eigenvalue weighted by Crippen LogP contribution is -2.28. The second kappa shape index (κ2) is 11.1. The Hall–Kier alpha value is -6.84. The van der Waals surface area contributed by atoms with Crippen molar-refractivity contribution in [2.24, 2.45) is 0 Å². The van der Waals surface area contributed by atoms with Crippen molar-refractivity contribution in [3.05, 3.63) is 210 Å². The van der Waals surface area contributed by atoms with E-state index in [1.54, 1.807) is 0 Å². The fraction of sp³-hybridized carbons (Fsp3) is 0.0204. The van der Waals surface area contributed by atoms with Crippen LogP contribution in [0.3, 0.4) is 0 Å². The third kappa shape index (κ3) is 3.96. The smallest absolute Gasteiger partial charge is 0.147 e. The van der Waals surface area contributed by atoms with Crippen molar-refractivity contribution in [1.29, 1.82) is 0 Å². The van der Waals surface area contributed by atoms with Gasteiger partial charge in [-0.1, -0.05) is 133 Å². The molecule has 0 bridgehead atoms. The summed E-state index contributed by atoms with van der Waals surface area (Å²) in [5, 5.41) is 4.18. The highest BCUT2D eigenvalue weighted by Crippen LogP contribution is 2.57. The van der Waals surface area contributed by atoms with Crippen LogP contribution in [0.25, 0.3) is 55.0 Å². The van der Waals surface area contributed by atoms with E-state index in [4.69, 9.17) is 8.83 Å². The Labute approximate surface area is 300 Å². The van der Waals surface area contributed by atoms with Gasteiger partial charge >= 0.3 is 0 Å². The van der Waals surface area contributed by atoms with Crippen LogP contribution in [0.1, 0.15) is 22.3 Å². The molecule has 1 aliphatic rings. The van der Waals surface area contributed by atoms with Crippen molar-refractivity contribution < 1.29 is 8.83 Å². The van der Waals surface area contributed by atoms with Gasteiger partial charge in [0, 0.05) is 22.1 Å². The predicted molar refractivity (Wildman–Crippen MR) is 213 cm³/mol. The molecule has 0 unspecified atom stereocenters. The molecule has 1 aliphatic carbocycles. The number of benzene rings is 8. The normalized spacial score (nSPS) is 13.2. The van der Waals surface area contributed by atoms with E-state index in [0.717, 1.165) is 60.9 Å². The first kappa shape index (κ1) is 28.9. The minimum Gasteiger partial charge on any atom is -0.456 e. The zero-order valence-corrected chi connectivity index (χ0v) is 28.2. The lowest BCUT2D eigenvalue weighted by Gasteiger charge is -2.35. The minimum atomic E-state index is -0.512. The Morgan fingerprint density at radius 3 is 1.81 bits per heavy atom. The summed E-state index contributed by atoms with van der Waals surface area (Å²) in [6, 6.07) is 67.3. The number of hydrogen-bond donors (Lipinski definition) is 0. The van der Waals surface area contributed by atoms with E-state index in [9.17, 15) is 0 Å². The Morgan fingerprint density at radius 2 is 1.02 bits per heavy atom. The first-order chi connectivity index (χ1) is 25.8. The Bertz CT molecular complexity index is 2920. The number of fused-ring (bicyclic) bond motifs is 10. The first-order valence-corrected chi connectivity index (χ1v) is 17.8. The summed E-state index contributed by atoms with van der Waals surface area (Å²) in [6.45, 7) is 0. The van der Waals surface area contributed by atoms with Gasteiger partial charge in [0.15, 0.2) is 0 Å². The molecule has 8 aromatic carbocycles. The zero-order chi connectivity index (χ0) is 34.2. The molecule has 0 saturated heterocycles. The molecule has 52 heavy (non-hydrogen) atoms. The minimum absolute atomic E-state index is 0.512. The topological polar surface area (TPSA) is 29.5 Å². The van der Waals surface area contributed by atoms with Crippen molar-refractivity contribution in [3.63, 3.8) is 0 Å². The van der Waals surface area contributed by atoms with Crippen LogP contribution < -0.4 is 4.90 Å². The van der Waals surface area contributed by atoms with Crippen LogP contribution in [0.2, 0.25) is 0 Å². The maximum Gasteiger partial charge on any atom is 0.147 e. The van der Waals surface area contributed by atoms with E-state index in [2.05, 4.69) is 181 Å². The summed E-state index contributed by atoms with van der Waals surface area (Å²) in [7, 11) is 0. The molecule has 2 heterocycles. The van der Waals surface area contributed by atoms with E-state index in [-0.39, 0.29) is 0 Å². The van der Waals surface area contributed by atoms with Crippen LogP contribution in [-0.4, -0.2) is 0 Å². The number of anilines is 3. The summed E-state index contributed by atoms with van der Waals surface area (Å²) in [5.74, 6) is 0. The van der Waals surface area contributed by atoms with E-state index < -0.39 is 5.41 Å². The predicted octanol–water partition coefficient (Wildman–Crippen LogP) is 13.3. The fourth-order valence-corrected chi connectivity index (χ4v) is 8.83. The first-order valence-electron chi connectivity index (χ1n) is 17.8. The number of rotatable bonds is 5. The number of hydrogen-bond acceptors (Lipinski definition) is 3. The highest BCUT2D eigenvalue weighted by atomic mass is 16.3. The number of furan rings is 2. The van der Waals surface area contributed by atoms with Gasteiger partial charge in [0.1, 0.15) is 22.3 Å². The Kier molecular flexibility index (Phi) is 6.17. The van der Waals surface area contributed by atoms with Gasteiger partial charge in [-0.25, -0.2) is 0 Å². The van der Waals surface area contributed by atoms with Crippen molar-refractivity contribution >= 4 is 60.9 Å². The lowest BCUT2D eigenvalue weighted by atomic mass is 9.67. The molecule has 0 aliphatic heterocycles. The molecule has 244 valence electrons. The van der Waals surface area contributed by atoms with Gasteiger partial charge < -0.3 is 13.7 Å². The maximum absolute atomic E-state index is 6.62. The monoisotopic (exact) mass is 665 g/mol. The molecule has 3 heteroatoms. The molecule has 10 aromatic rings. The molecule has 0 N–H and O–H groups in total. The van der Waals surface area contributed by atoms with Crippen LogP contribution in [-0.2, 0) is 5.41 Å². The third-order valence-corrected chi connectivity index (χ3v) is 10.9. The molecular weight excluding hydrogens is 635 g/mol. The van der Waals surface area contributed by atoms with Crippen LogP contribution in [0, 0.1) is 0 Å². The molecule has 0 fully saturated rings. The average Bonchev–Trinajstić information content (AvgIpc) is 3.88. The van der Waals surface area contributed by atoms with E-state index in [1.165, 1.54) is 33.4 Å². The van der Waals surface area contributed by atoms with Crippen molar-refractivity contribution in [2.45, 2.75) is 5.41 Å². The largest absolute Gasteiger partial charge is 0.456 e. The lowest BCUT2D eigenvalue weighted by molar-refractivity contribution is 0.663. The molecule has 0 spiro atoms. The van der Waals surface area contributed by atoms with E-state index in [0.29, 0.717) is 0 Å². The summed E-state index contributed by atoms with van der Waals surface area (Å²) in [5.41, 5.74) is 13.5. The highest BCUT2D eigenvalue weighted by molar-refractivity contribution is 6.25. The van der Waals surface area contributed by atoms with Crippen LogP contribution in [0.5, 0.6) is 0 Å². The van der Waals surface area contributed by atoms with E-state index >= 15 is 0 Å². The Balaban J connectivity index is 1.23. The van der Waals surface area contributed by atoms with Gasteiger partial charge in [-0.05, 0) is 88.0 Å². The van der Waals surface area contributed by atoms with Crippen molar-refractivity contribution in [3.8, 4) is 11.1 Å². The van der Waals surface area contributed by atoms with Gasteiger partial charge in [0.2, 0.25) is 0 Å². The molecule has 0 amide bonds. The van der Waals surface area contributed by atoms with E-state index in [1.807, 2.05) is 12.1 Å². The molecule has 2 aromatic heterocycles. The molecule has 0 saturated carbocycles. The van der Waals surface area contributed by atoms with Crippen molar-refractivity contribution in [2.75, 3.05) is 4.90 Å². The molecule has 11 rings (SSSR count). The van der Waals surface area contributed by atoms with Crippen LogP contribution in [0.4, 0.5) is 17.1 Å². The summed E-state index contributed by atoms with van der Waals surface area (Å²) >= 11 is 0. The molecular formula is C49H31NO2. The van der Waals surface area contributed by atoms with Gasteiger partial charge in [-0.3, -0.25) is 0 Å².